The second-order valence-corrected chi connectivity index (χ2v) is 4.85. The molecule has 1 aromatic heterocycles. The quantitative estimate of drug-likeness (QED) is 0.883. The SMILES string of the molecule is Cc1cscc1C(=O)N1CCC(CN)C1.Cl. The van der Waals surface area contributed by atoms with Crippen molar-refractivity contribution in [2.45, 2.75) is 13.3 Å². The Bertz CT molecular complexity index is 367. The molecule has 1 aliphatic heterocycles. The molecule has 90 valence electrons. The lowest BCUT2D eigenvalue weighted by molar-refractivity contribution is 0.0787. The highest BCUT2D eigenvalue weighted by atomic mass is 35.5. The van der Waals surface area contributed by atoms with Gasteiger partial charge in [-0.15, -0.1) is 12.4 Å². The van der Waals surface area contributed by atoms with Crippen LogP contribution in [0, 0.1) is 12.8 Å². The molecule has 0 saturated carbocycles. The standard InChI is InChI=1S/C11H16N2OS.ClH/c1-8-6-15-7-10(8)11(14)13-3-2-9(4-12)5-13;/h6-7,9H,2-5,12H2,1H3;1H. The fraction of sp³-hybridized carbons (Fsp3) is 0.545. The summed E-state index contributed by atoms with van der Waals surface area (Å²) in [6.07, 6.45) is 1.05. The predicted molar refractivity (Wildman–Crippen MR) is 69.4 cm³/mol. The number of hydrogen-bond donors (Lipinski definition) is 1. The lowest BCUT2D eigenvalue weighted by atomic mass is 10.1. The lowest BCUT2D eigenvalue weighted by Crippen LogP contribution is -2.29. The molecule has 1 atom stereocenters. The van der Waals surface area contributed by atoms with E-state index in [1.54, 1.807) is 11.3 Å². The maximum Gasteiger partial charge on any atom is 0.254 e. The fourth-order valence-corrected chi connectivity index (χ4v) is 2.78. The van der Waals surface area contributed by atoms with Crippen LogP contribution in [0.4, 0.5) is 0 Å². The number of nitrogens with two attached hydrogens (primary N) is 1. The third kappa shape index (κ3) is 2.56. The first-order valence-electron chi connectivity index (χ1n) is 5.24. The number of carbonyl (C=O) groups is 1. The highest BCUT2D eigenvalue weighted by molar-refractivity contribution is 7.08. The number of rotatable bonds is 2. The van der Waals surface area contributed by atoms with Gasteiger partial charge in [0.1, 0.15) is 0 Å². The van der Waals surface area contributed by atoms with Crippen molar-refractivity contribution in [3.8, 4) is 0 Å². The van der Waals surface area contributed by atoms with Gasteiger partial charge in [-0.05, 0) is 36.8 Å². The first-order chi connectivity index (χ1) is 7.22. The molecule has 0 radical (unpaired) electrons. The average molecular weight is 261 g/mol. The molecule has 1 unspecified atom stereocenters. The van der Waals surface area contributed by atoms with E-state index in [4.69, 9.17) is 5.73 Å². The molecule has 2 heterocycles. The molecular weight excluding hydrogens is 244 g/mol. The Kier molecular flexibility index (Phi) is 4.77. The zero-order chi connectivity index (χ0) is 10.8. The Labute approximate surface area is 106 Å². The maximum atomic E-state index is 12.1. The maximum absolute atomic E-state index is 12.1. The Morgan fingerprint density at radius 2 is 2.38 bits per heavy atom. The fourth-order valence-electron chi connectivity index (χ4n) is 1.96. The number of aryl methyl sites for hydroxylation is 1. The summed E-state index contributed by atoms with van der Waals surface area (Å²) in [6, 6.07) is 0. The molecule has 5 heteroatoms. The van der Waals surface area contributed by atoms with Crippen LogP contribution in [0.1, 0.15) is 22.3 Å². The zero-order valence-electron chi connectivity index (χ0n) is 9.31. The Hall–Kier alpha value is -0.580. The number of hydrogen-bond acceptors (Lipinski definition) is 3. The van der Waals surface area contributed by atoms with E-state index in [9.17, 15) is 4.79 Å². The van der Waals surface area contributed by atoms with Crippen LogP contribution in [-0.4, -0.2) is 30.4 Å². The second kappa shape index (κ2) is 5.66. The van der Waals surface area contributed by atoms with Crippen molar-refractivity contribution < 1.29 is 4.79 Å². The van der Waals surface area contributed by atoms with Gasteiger partial charge in [-0.25, -0.2) is 0 Å². The summed E-state index contributed by atoms with van der Waals surface area (Å²) in [4.78, 5) is 14.0. The van der Waals surface area contributed by atoms with Crippen LogP contribution >= 0.6 is 23.7 Å². The van der Waals surface area contributed by atoms with Gasteiger partial charge >= 0.3 is 0 Å². The number of nitrogens with zero attached hydrogens (tertiary/aromatic N) is 1. The monoisotopic (exact) mass is 260 g/mol. The Morgan fingerprint density at radius 3 is 2.88 bits per heavy atom. The van der Waals surface area contributed by atoms with Gasteiger partial charge in [0.25, 0.3) is 5.91 Å². The van der Waals surface area contributed by atoms with Crippen LogP contribution in [0.25, 0.3) is 0 Å². The van der Waals surface area contributed by atoms with E-state index in [2.05, 4.69) is 0 Å². The average Bonchev–Trinajstić information content (AvgIpc) is 2.84. The van der Waals surface area contributed by atoms with E-state index in [0.29, 0.717) is 12.5 Å². The number of thiophene rings is 1. The summed E-state index contributed by atoms with van der Waals surface area (Å²) >= 11 is 1.59. The summed E-state index contributed by atoms with van der Waals surface area (Å²) < 4.78 is 0. The van der Waals surface area contributed by atoms with Gasteiger partial charge in [0.15, 0.2) is 0 Å². The smallest absolute Gasteiger partial charge is 0.254 e. The minimum absolute atomic E-state index is 0. The molecule has 2 rings (SSSR count). The van der Waals surface area contributed by atoms with Crippen molar-refractivity contribution in [1.82, 2.24) is 4.90 Å². The van der Waals surface area contributed by atoms with Crippen LogP contribution in [0.15, 0.2) is 10.8 Å². The van der Waals surface area contributed by atoms with Crippen molar-refractivity contribution in [2.75, 3.05) is 19.6 Å². The van der Waals surface area contributed by atoms with Crippen molar-refractivity contribution in [3.05, 3.63) is 21.9 Å². The molecule has 1 fully saturated rings. The summed E-state index contributed by atoms with van der Waals surface area (Å²) in [5.74, 6) is 0.664. The predicted octanol–water partition coefficient (Wildman–Crippen LogP) is 1.90. The molecule has 1 saturated heterocycles. The first-order valence-corrected chi connectivity index (χ1v) is 6.18. The second-order valence-electron chi connectivity index (χ2n) is 4.11. The molecule has 1 amide bonds. The molecular formula is C11H17ClN2OS. The number of amides is 1. The van der Waals surface area contributed by atoms with Crippen LogP contribution in [0.5, 0.6) is 0 Å². The first kappa shape index (κ1) is 13.5. The third-order valence-electron chi connectivity index (χ3n) is 2.99. The molecule has 0 bridgehead atoms. The van der Waals surface area contributed by atoms with Crippen LogP contribution in [-0.2, 0) is 0 Å². The molecule has 0 spiro atoms. The van der Waals surface area contributed by atoms with Gasteiger partial charge in [-0.1, -0.05) is 0 Å². The number of halogens is 1. The van der Waals surface area contributed by atoms with E-state index in [1.165, 1.54) is 0 Å². The topological polar surface area (TPSA) is 46.3 Å². The van der Waals surface area contributed by atoms with Gasteiger partial charge in [-0.2, -0.15) is 11.3 Å². The van der Waals surface area contributed by atoms with Gasteiger partial charge < -0.3 is 10.6 Å². The molecule has 0 aromatic carbocycles. The molecule has 1 aromatic rings. The largest absolute Gasteiger partial charge is 0.338 e. The van der Waals surface area contributed by atoms with Crippen molar-refractivity contribution >= 4 is 29.7 Å². The van der Waals surface area contributed by atoms with E-state index < -0.39 is 0 Å². The Morgan fingerprint density at radius 1 is 1.62 bits per heavy atom. The van der Waals surface area contributed by atoms with Gasteiger partial charge in [0, 0.05) is 18.5 Å². The third-order valence-corrected chi connectivity index (χ3v) is 3.85. The van der Waals surface area contributed by atoms with Crippen LogP contribution in [0.2, 0.25) is 0 Å². The Balaban J connectivity index is 0.00000128. The highest BCUT2D eigenvalue weighted by Crippen LogP contribution is 2.21. The van der Waals surface area contributed by atoms with E-state index >= 15 is 0 Å². The van der Waals surface area contributed by atoms with E-state index in [1.807, 2.05) is 22.6 Å². The van der Waals surface area contributed by atoms with Gasteiger partial charge in [-0.3, -0.25) is 4.79 Å². The minimum Gasteiger partial charge on any atom is -0.338 e. The van der Waals surface area contributed by atoms with Crippen molar-refractivity contribution in [1.29, 1.82) is 0 Å². The van der Waals surface area contributed by atoms with Gasteiger partial charge in [0.2, 0.25) is 0 Å². The van der Waals surface area contributed by atoms with E-state index in [0.717, 1.165) is 30.6 Å². The van der Waals surface area contributed by atoms with Crippen molar-refractivity contribution in [3.63, 3.8) is 0 Å². The molecule has 16 heavy (non-hydrogen) atoms. The summed E-state index contributed by atoms with van der Waals surface area (Å²) in [5, 5.41) is 3.96. The molecule has 3 nitrogen and oxygen atoms in total. The summed E-state index contributed by atoms with van der Waals surface area (Å²) in [5.41, 5.74) is 7.55. The molecule has 1 aliphatic rings. The highest BCUT2D eigenvalue weighted by Gasteiger charge is 2.26. The summed E-state index contributed by atoms with van der Waals surface area (Å²) in [7, 11) is 0. The van der Waals surface area contributed by atoms with Gasteiger partial charge in [0.05, 0.1) is 5.56 Å². The van der Waals surface area contributed by atoms with Crippen LogP contribution < -0.4 is 5.73 Å². The number of likely N-dealkylation sites (tertiary alicyclic amines) is 1. The minimum atomic E-state index is 0. The normalized spacial score (nSPS) is 19.6. The summed E-state index contributed by atoms with van der Waals surface area (Å²) in [6.45, 7) is 4.35. The van der Waals surface area contributed by atoms with E-state index in [-0.39, 0.29) is 18.3 Å². The van der Waals surface area contributed by atoms with Crippen LogP contribution in [0.3, 0.4) is 0 Å². The lowest BCUT2D eigenvalue weighted by Gasteiger charge is -2.15. The number of carbonyl (C=O) groups excluding carboxylic acids is 1. The molecule has 0 aliphatic carbocycles. The van der Waals surface area contributed by atoms with Crippen molar-refractivity contribution in [2.24, 2.45) is 11.7 Å². The molecule has 2 N–H and O–H groups in total. The zero-order valence-corrected chi connectivity index (χ0v) is 10.9.